The Kier molecular flexibility index (Phi) is 6.49. The number of nitrogens with one attached hydrogen (secondary N) is 1. The molecule has 5 nitrogen and oxygen atoms in total. The summed E-state index contributed by atoms with van der Waals surface area (Å²) in [5.41, 5.74) is 1.22. The van der Waals surface area contributed by atoms with Gasteiger partial charge in [-0.05, 0) is 42.3 Å². The molecule has 0 saturated carbocycles. The Bertz CT molecular complexity index is 902. The van der Waals surface area contributed by atoms with Gasteiger partial charge in [0.2, 0.25) is 10.0 Å². The largest absolute Gasteiger partial charge is 0.379 e. The molecular formula is C19H22ClFN2O3S. The van der Waals surface area contributed by atoms with Crippen molar-refractivity contribution in [2.45, 2.75) is 17.9 Å². The molecule has 0 aromatic heterocycles. The van der Waals surface area contributed by atoms with E-state index >= 15 is 0 Å². The third kappa shape index (κ3) is 4.86. The first-order valence-corrected chi connectivity index (χ1v) is 10.6. The van der Waals surface area contributed by atoms with Crippen LogP contribution in [0.1, 0.15) is 17.2 Å². The van der Waals surface area contributed by atoms with E-state index in [0.29, 0.717) is 36.9 Å². The molecule has 27 heavy (non-hydrogen) atoms. The summed E-state index contributed by atoms with van der Waals surface area (Å²) in [5, 5.41) is 0.589. The second-order valence-corrected chi connectivity index (χ2v) is 8.59. The molecule has 0 aliphatic carbocycles. The standard InChI is InChI=1S/C19H22ClFN2O3S/c1-14-12-15(21)6-7-19(14)27(24,25)22-13-18(23-8-10-26-11-9-23)16-4-2-3-5-17(16)20/h2-7,12,18,22H,8-11,13H2,1H3. The van der Waals surface area contributed by atoms with Gasteiger partial charge in [0.1, 0.15) is 5.82 Å². The average molecular weight is 413 g/mol. The van der Waals surface area contributed by atoms with E-state index in [0.717, 1.165) is 11.6 Å². The fourth-order valence-corrected chi connectivity index (χ4v) is 4.78. The molecule has 0 radical (unpaired) electrons. The van der Waals surface area contributed by atoms with Crippen LogP contribution in [0.3, 0.4) is 0 Å². The van der Waals surface area contributed by atoms with Gasteiger partial charge < -0.3 is 4.74 Å². The Morgan fingerprint density at radius 2 is 1.93 bits per heavy atom. The van der Waals surface area contributed by atoms with Gasteiger partial charge in [0.15, 0.2) is 0 Å². The smallest absolute Gasteiger partial charge is 0.240 e. The zero-order valence-corrected chi connectivity index (χ0v) is 16.6. The van der Waals surface area contributed by atoms with Gasteiger partial charge in [0, 0.05) is 30.7 Å². The van der Waals surface area contributed by atoms with Crippen LogP contribution >= 0.6 is 11.6 Å². The van der Waals surface area contributed by atoms with E-state index < -0.39 is 15.8 Å². The summed E-state index contributed by atoms with van der Waals surface area (Å²) in [4.78, 5) is 2.23. The van der Waals surface area contributed by atoms with Gasteiger partial charge in [-0.1, -0.05) is 29.8 Å². The number of ether oxygens (including phenoxy) is 1. The third-order valence-corrected chi connectivity index (χ3v) is 6.57. The molecule has 0 spiro atoms. The summed E-state index contributed by atoms with van der Waals surface area (Å²) >= 11 is 6.37. The second kappa shape index (κ2) is 8.67. The van der Waals surface area contributed by atoms with Crippen LogP contribution in [0.2, 0.25) is 5.02 Å². The monoisotopic (exact) mass is 412 g/mol. The maximum absolute atomic E-state index is 13.3. The Morgan fingerprint density at radius 1 is 1.22 bits per heavy atom. The Balaban J connectivity index is 1.85. The van der Waals surface area contributed by atoms with Gasteiger partial charge in [-0.2, -0.15) is 0 Å². The highest BCUT2D eigenvalue weighted by molar-refractivity contribution is 7.89. The van der Waals surface area contributed by atoms with Crippen molar-refractivity contribution in [3.63, 3.8) is 0 Å². The van der Waals surface area contributed by atoms with Gasteiger partial charge in [-0.15, -0.1) is 0 Å². The predicted molar refractivity (Wildman–Crippen MR) is 103 cm³/mol. The number of halogens is 2. The average Bonchev–Trinajstić information content (AvgIpc) is 2.64. The second-order valence-electron chi connectivity index (χ2n) is 6.45. The summed E-state index contributed by atoms with van der Waals surface area (Å²) in [5.74, 6) is -0.464. The lowest BCUT2D eigenvalue weighted by molar-refractivity contribution is 0.0172. The van der Waals surface area contributed by atoms with Gasteiger partial charge in [-0.3, -0.25) is 4.90 Å². The minimum atomic E-state index is -3.78. The SMILES string of the molecule is Cc1cc(F)ccc1S(=O)(=O)NCC(c1ccccc1Cl)N1CCOCC1. The summed E-state index contributed by atoms with van der Waals surface area (Å²) < 4.78 is 46.9. The Hall–Kier alpha value is -1.51. The molecule has 1 unspecified atom stereocenters. The van der Waals surface area contributed by atoms with E-state index in [4.69, 9.17) is 16.3 Å². The molecule has 146 valence electrons. The molecule has 1 heterocycles. The van der Waals surface area contributed by atoms with Crippen LogP contribution in [-0.4, -0.2) is 46.2 Å². The summed E-state index contributed by atoms with van der Waals surface area (Å²) in [6.07, 6.45) is 0. The molecule has 2 aromatic carbocycles. The van der Waals surface area contributed by atoms with Crippen molar-refractivity contribution >= 4 is 21.6 Å². The van der Waals surface area contributed by atoms with Crippen LogP contribution in [0.15, 0.2) is 47.4 Å². The predicted octanol–water partition coefficient (Wildman–Crippen LogP) is 3.14. The minimum Gasteiger partial charge on any atom is -0.379 e. The van der Waals surface area contributed by atoms with E-state index in [2.05, 4.69) is 9.62 Å². The first-order chi connectivity index (χ1) is 12.9. The lowest BCUT2D eigenvalue weighted by Crippen LogP contribution is -2.44. The van der Waals surface area contributed by atoms with Crippen LogP contribution in [0.25, 0.3) is 0 Å². The van der Waals surface area contributed by atoms with E-state index in [1.165, 1.54) is 12.1 Å². The molecule has 1 N–H and O–H groups in total. The molecule has 1 fully saturated rings. The molecule has 2 aromatic rings. The first-order valence-electron chi connectivity index (χ1n) is 8.70. The van der Waals surface area contributed by atoms with Crippen LogP contribution < -0.4 is 4.72 Å². The van der Waals surface area contributed by atoms with Crippen molar-refractivity contribution in [3.8, 4) is 0 Å². The fraction of sp³-hybridized carbons (Fsp3) is 0.368. The molecule has 1 aliphatic heterocycles. The van der Waals surface area contributed by atoms with Gasteiger partial charge in [-0.25, -0.2) is 17.5 Å². The maximum atomic E-state index is 13.3. The molecule has 1 saturated heterocycles. The summed E-state index contributed by atoms with van der Waals surface area (Å²) in [7, 11) is -3.78. The lowest BCUT2D eigenvalue weighted by atomic mass is 10.0. The van der Waals surface area contributed by atoms with Crippen molar-refractivity contribution in [1.82, 2.24) is 9.62 Å². The number of aryl methyl sites for hydroxylation is 1. The molecule has 1 aliphatic rings. The van der Waals surface area contributed by atoms with E-state index in [-0.39, 0.29) is 17.5 Å². The van der Waals surface area contributed by atoms with Gasteiger partial charge in [0.25, 0.3) is 0 Å². The fourth-order valence-electron chi connectivity index (χ4n) is 3.25. The number of nitrogens with zero attached hydrogens (tertiary/aromatic N) is 1. The zero-order valence-electron chi connectivity index (χ0n) is 15.0. The van der Waals surface area contributed by atoms with Crippen molar-refractivity contribution in [2.24, 2.45) is 0 Å². The zero-order chi connectivity index (χ0) is 19.4. The van der Waals surface area contributed by atoms with E-state index in [1.54, 1.807) is 13.0 Å². The van der Waals surface area contributed by atoms with E-state index in [9.17, 15) is 12.8 Å². The van der Waals surface area contributed by atoms with Crippen LogP contribution in [0.5, 0.6) is 0 Å². The molecule has 0 amide bonds. The number of rotatable bonds is 6. The number of morpholine rings is 1. The highest BCUT2D eigenvalue weighted by atomic mass is 35.5. The lowest BCUT2D eigenvalue weighted by Gasteiger charge is -2.35. The number of hydrogen-bond donors (Lipinski definition) is 1. The summed E-state index contributed by atoms with van der Waals surface area (Å²) in [6.45, 7) is 4.28. The number of benzene rings is 2. The minimum absolute atomic E-state index is 0.0730. The Morgan fingerprint density at radius 3 is 2.59 bits per heavy atom. The van der Waals surface area contributed by atoms with Gasteiger partial charge >= 0.3 is 0 Å². The quantitative estimate of drug-likeness (QED) is 0.791. The van der Waals surface area contributed by atoms with Crippen LogP contribution in [0.4, 0.5) is 4.39 Å². The third-order valence-electron chi connectivity index (χ3n) is 4.64. The van der Waals surface area contributed by atoms with Crippen molar-refractivity contribution in [1.29, 1.82) is 0 Å². The molecule has 1 atom stereocenters. The van der Waals surface area contributed by atoms with Crippen molar-refractivity contribution in [2.75, 3.05) is 32.8 Å². The highest BCUT2D eigenvalue weighted by Crippen LogP contribution is 2.28. The molecule has 0 bridgehead atoms. The van der Waals surface area contributed by atoms with Crippen LogP contribution in [-0.2, 0) is 14.8 Å². The molecular weight excluding hydrogens is 391 g/mol. The van der Waals surface area contributed by atoms with Crippen molar-refractivity contribution < 1.29 is 17.5 Å². The topological polar surface area (TPSA) is 58.6 Å². The molecule has 3 rings (SSSR count). The first kappa shape index (κ1) is 20.2. The van der Waals surface area contributed by atoms with E-state index in [1.807, 2.05) is 18.2 Å². The van der Waals surface area contributed by atoms with Crippen molar-refractivity contribution in [3.05, 3.63) is 64.4 Å². The summed E-state index contributed by atoms with van der Waals surface area (Å²) in [6, 6.07) is 10.8. The Labute approximate surface area is 164 Å². The number of sulfonamides is 1. The van der Waals surface area contributed by atoms with Crippen LogP contribution in [0, 0.1) is 12.7 Å². The maximum Gasteiger partial charge on any atom is 0.240 e. The highest BCUT2D eigenvalue weighted by Gasteiger charge is 2.27. The number of hydrogen-bond acceptors (Lipinski definition) is 4. The molecule has 8 heteroatoms. The normalized spacial score (nSPS) is 17.0. The van der Waals surface area contributed by atoms with Gasteiger partial charge in [0.05, 0.1) is 18.1 Å².